The molecule has 20 heavy (non-hydrogen) atoms. The van der Waals surface area contributed by atoms with Crippen molar-refractivity contribution in [1.82, 2.24) is 10.3 Å². The van der Waals surface area contributed by atoms with Crippen LogP contribution in [-0.2, 0) is 4.74 Å². The second-order valence-electron chi connectivity index (χ2n) is 4.58. The lowest BCUT2D eigenvalue weighted by Crippen LogP contribution is -2.39. The Morgan fingerprint density at radius 3 is 3.00 bits per heavy atom. The normalized spacial score (nSPS) is 12.3. The van der Waals surface area contributed by atoms with E-state index in [9.17, 15) is 4.79 Å². The van der Waals surface area contributed by atoms with Crippen LogP contribution in [0.15, 0.2) is 36.5 Å². The monoisotopic (exact) mass is 273 g/mol. The van der Waals surface area contributed by atoms with Crippen LogP contribution in [0.25, 0.3) is 10.9 Å². The number of nitrogens with one attached hydrogen (secondary N) is 1. The number of benzene rings is 1. The summed E-state index contributed by atoms with van der Waals surface area (Å²) in [6.45, 7) is 0.956. The van der Waals surface area contributed by atoms with Gasteiger partial charge < -0.3 is 15.8 Å². The van der Waals surface area contributed by atoms with Gasteiger partial charge in [-0.25, -0.2) is 0 Å². The summed E-state index contributed by atoms with van der Waals surface area (Å²) in [5.74, 6) is -0.126. The maximum Gasteiger partial charge on any atom is 0.252 e. The van der Waals surface area contributed by atoms with Crippen molar-refractivity contribution >= 4 is 16.8 Å². The molecule has 0 saturated carbocycles. The first-order chi connectivity index (χ1) is 9.76. The number of carbonyl (C=O) groups excluding carboxylic acids is 1. The molecule has 1 heterocycles. The molecule has 0 aliphatic carbocycles. The maximum absolute atomic E-state index is 12.4. The van der Waals surface area contributed by atoms with Crippen LogP contribution in [0.1, 0.15) is 16.8 Å². The van der Waals surface area contributed by atoms with E-state index < -0.39 is 0 Å². The van der Waals surface area contributed by atoms with Crippen LogP contribution in [0, 0.1) is 0 Å². The zero-order chi connectivity index (χ0) is 14.4. The Morgan fingerprint density at radius 1 is 1.40 bits per heavy atom. The molecule has 5 nitrogen and oxygen atoms in total. The first-order valence-corrected chi connectivity index (χ1v) is 6.60. The van der Waals surface area contributed by atoms with E-state index in [0.717, 1.165) is 10.9 Å². The van der Waals surface area contributed by atoms with Crippen molar-refractivity contribution in [3.05, 3.63) is 42.1 Å². The van der Waals surface area contributed by atoms with Gasteiger partial charge in [0, 0.05) is 24.3 Å². The first-order valence-electron chi connectivity index (χ1n) is 6.60. The Morgan fingerprint density at radius 2 is 2.25 bits per heavy atom. The number of methoxy groups -OCH3 is 1. The van der Waals surface area contributed by atoms with Crippen molar-refractivity contribution in [3.8, 4) is 0 Å². The molecule has 1 amide bonds. The average molecular weight is 273 g/mol. The van der Waals surface area contributed by atoms with Crippen molar-refractivity contribution in [2.45, 2.75) is 12.5 Å². The number of rotatable bonds is 6. The van der Waals surface area contributed by atoms with E-state index in [1.807, 2.05) is 24.3 Å². The third kappa shape index (κ3) is 3.31. The summed E-state index contributed by atoms with van der Waals surface area (Å²) >= 11 is 0. The van der Waals surface area contributed by atoms with Gasteiger partial charge in [-0.1, -0.05) is 12.1 Å². The Bertz CT molecular complexity index is 575. The van der Waals surface area contributed by atoms with E-state index in [1.165, 1.54) is 0 Å². The molecule has 1 unspecified atom stereocenters. The fraction of sp³-hybridized carbons (Fsp3) is 0.333. The second kappa shape index (κ2) is 6.98. The molecule has 0 fully saturated rings. The number of hydrogen-bond donors (Lipinski definition) is 2. The summed E-state index contributed by atoms with van der Waals surface area (Å²) in [5.41, 5.74) is 6.97. The molecule has 0 aliphatic heterocycles. The highest BCUT2D eigenvalue weighted by Gasteiger charge is 2.15. The largest absolute Gasteiger partial charge is 0.383 e. The minimum Gasteiger partial charge on any atom is -0.383 e. The summed E-state index contributed by atoms with van der Waals surface area (Å²) in [6, 6.07) is 9.16. The van der Waals surface area contributed by atoms with Crippen molar-refractivity contribution in [2.24, 2.45) is 5.73 Å². The minimum absolute atomic E-state index is 0.0792. The molecule has 106 valence electrons. The standard InChI is InChI=1S/C15H19N3O2/c1-20-10-11(7-8-16)18-15(19)13-4-2-6-14-12(13)5-3-9-17-14/h2-6,9,11H,7-8,10,16H2,1H3,(H,18,19). The highest BCUT2D eigenvalue weighted by Crippen LogP contribution is 2.16. The van der Waals surface area contributed by atoms with Crippen LogP contribution in [0.3, 0.4) is 0 Å². The molecule has 2 rings (SSSR count). The van der Waals surface area contributed by atoms with Gasteiger partial charge in [-0.2, -0.15) is 0 Å². The van der Waals surface area contributed by atoms with Gasteiger partial charge in [0.25, 0.3) is 5.91 Å². The van der Waals surface area contributed by atoms with E-state index in [2.05, 4.69) is 10.3 Å². The predicted molar refractivity (Wildman–Crippen MR) is 78.5 cm³/mol. The summed E-state index contributed by atoms with van der Waals surface area (Å²) < 4.78 is 5.10. The number of amides is 1. The lowest BCUT2D eigenvalue weighted by Gasteiger charge is -2.17. The molecule has 0 spiro atoms. The lowest BCUT2D eigenvalue weighted by molar-refractivity contribution is 0.0895. The van der Waals surface area contributed by atoms with Gasteiger partial charge in [0.2, 0.25) is 0 Å². The van der Waals surface area contributed by atoms with Crippen LogP contribution in [0.4, 0.5) is 0 Å². The van der Waals surface area contributed by atoms with Crippen LogP contribution in [-0.4, -0.2) is 37.2 Å². The molecule has 3 N–H and O–H groups in total. The number of aromatic nitrogens is 1. The molecular weight excluding hydrogens is 254 g/mol. The highest BCUT2D eigenvalue weighted by molar-refractivity contribution is 6.06. The molecular formula is C15H19N3O2. The smallest absolute Gasteiger partial charge is 0.252 e. The SMILES string of the molecule is COCC(CCN)NC(=O)c1cccc2ncccc12. The van der Waals surface area contributed by atoms with Gasteiger partial charge in [0.1, 0.15) is 0 Å². The molecule has 1 atom stereocenters. The van der Waals surface area contributed by atoms with Gasteiger partial charge in [0.05, 0.1) is 18.2 Å². The van der Waals surface area contributed by atoms with E-state index in [4.69, 9.17) is 10.5 Å². The topological polar surface area (TPSA) is 77.2 Å². The highest BCUT2D eigenvalue weighted by atomic mass is 16.5. The zero-order valence-corrected chi connectivity index (χ0v) is 11.5. The number of hydrogen-bond acceptors (Lipinski definition) is 4. The molecule has 1 aromatic heterocycles. The maximum atomic E-state index is 12.4. The number of nitrogens with two attached hydrogens (primary N) is 1. The Hall–Kier alpha value is -1.98. The Labute approximate surface area is 118 Å². The van der Waals surface area contributed by atoms with E-state index in [-0.39, 0.29) is 11.9 Å². The first kappa shape index (κ1) is 14.4. The number of nitrogens with zero attached hydrogens (tertiary/aromatic N) is 1. The van der Waals surface area contributed by atoms with Crippen molar-refractivity contribution in [2.75, 3.05) is 20.3 Å². The molecule has 5 heteroatoms. The van der Waals surface area contributed by atoms with E-state index in [1.54, 1.807) is 19.4 Å². The fourth-order valence-corrected chi connectivity index (χ4v) is 2.16. The molecule has 1 aromatic carbocycles. The zero-order valence-electron chi connectivity index (χ0n) is 11.5. The van der Waals surface area contributed by atoms with Crippen LogP contribution < -0.4 is 11.1 Å². The van der Waals surface area contributed by atoms with Gasteiger partial charge in [-0.15, -0.1) is 0 Å². The van der Waals surface area contributed by atoms with E-state index >= 15 is 0 Å². The van der Waals surface area contributed by atoms with Crippen molar-refractivity contribution in [1.29, 1.82) is 0 Å². The Kier molecular flexibility index (Phi) is 5.03. The Balaban J connectivity index is 2.22. The van der Waals surface area contributed by atoms with Crippen LogP contribution >= 0.6 is 0 Å². The number of ether oxygens (including phenoxy) is 1. The fourth-order valence-electron chi connectivity index (χ4n) is 2.16. The predicted octanol–water partition coefficient (Wildman–Crippen LogP) is 1.33. The van der Waals surface area contributed by atoms with Gasteiger partial charge >= 0.3 is 0 Å². The average Bonchev–Trinajstić information content (AvgIpc) is 2.47. The molecule has 0 saturated heterocycles. The third-order valence-electron chi connectivity index (χ3n) is 3.11. The molecule has 0 radical (unpaired) electrons. The van der Waals surface area contributed by atoms with E-state index in [0.29, 0.717) is 25.1 Å². The van der Waals surface area contributed by atoms with Gasteiger partial charge in [0.15, 0.2) is 0 Å². The van der Waals surface area contributed by atoms with Crippen molar-refractivity contribution in [3.63, 3.8) is 0 Å². The molecule has 0 bridgehead atoms. The number of pyridine rings is 1. The van der Waals surface area contributed by atoms with Gasteiger partial charge in [-0.05, 0) is 31.2 Å². The van der Waals surface area contributed by atoms with Gasteiger partial charge in [-0.3, -0.25) is 9.78 Å². The second-order valence-corrected chi connectivity index (χ2v) is 4.58. The summed E-state index contributed by atoms with van der Waals surface area (Å²) in [5, 5.41) is 3.80. The number of carbonyl (C=O) groups is 1. The summed E-state index contributed by atoms with van der Waals surface area (Å²) in [4.78, 5) is 16.6. The van der Waals surface area contributed by atoms with Crippen LogP contribution in [0.2, 0.25) is 0 Å². The molecule has 2 aromatic rings. The third-order valence-corrected chi connectivity index (χ3v) is 3.11. The summed E-state index contributed by atoms with van der Waals surface area (Å²) in [6.07, 6.45) is 2.40. The number of fused-ring (bicyclic) bond motifs is 1. The van der Waals surface area contributed by atoms with Crippen molar-refractivity contribution < 1.29 is 9.53 Å². The summed E-state index contributed by atoms with van der Waals surface area (Å²) in [7, 11) is 1.61. The minimum atomic E-state index is -0.126. The van der Waals surface area contributed by atoms with Crippen LogP contribution in [0.5, 0.6) is 0 Å². The quantitative estimate of drug-likeness (QED) is 0.832. The lowest BCUT2D eigenvalue weighted by atomic mass is 10.1. The molecule has 0 aliphatic rings.